The Balaban J connectivity index is 1.88. The number of aromatic carboxylic acids is 1. The smallest absolute Gasteiger partial charge is 0.356 e. The molecule has 3 aromatic heterocycles. The van der Waals surface area contributed by atoms with Crippen molar-refractivity contribution in [2.24, 2.45) is 7.05 Å². The molecule has 3 aromatic rings. The normalized spacial score (nSPS) is 18.9. The Hall–Kier alpha value is -3.13. The molecule has 1 unspecified atom stereocenters. The van der Waals surface area contributed by atoms with Crippen molar-refractivity contribution in [2.75, 3.05) is 0 Å². The molecule has 1 N–H and O–H groups in total. The van der Waals surface area contributed by atoms with E-state index in [4.69, 9.17) is 0 Å². The van der Waals surface area contributed by atoms with Crippen molar-refractivity contribution in [2.45, 2.75) is 18.8 Å². The number of allylic oxidation sites excluding steroid dienone is 4. The van der Waals surface area contributed by atoms with E-state index in [9.17, 15) is 14.3 Å². The van der Waals surface area contributed by atoms with Crippen LogP contribution in [-0.4, -0.2) is 30.8 Å². The first-order chi connectivity index (χ1) is 13.4. The third-order valence-electron chi connectivity index (χ3n) is 5.01. The molecule has 1 aliphatic carbocycles. The van der Waals surface area contributed by atoms with Crippen molar-refractivity contribution in [3.05, 3.63) is 81.6 Å². The third-order valence-corrected chi connectivity index (χ3v) is 5.96. The summed E-state index contributed by atoms with van der Waals surface area (Å²) in [5, 5.41) is 16.2. The Morgan fingerprint density at radius 3 is 2.86 bits per heavy atom. The van der Waals surface area contributed by atoms with E-state index in [2.05, 4.69) is 15.1 Å². The summed E-state index contributed by atoms with van der Waals surface area (Å²) in [6, 6.07) is 1.67. The van der Waals surface area contributed by atoms with Crippen molar-refractivity contribution in [1.82, 2.24) is 19.7 Å². The van der Waals surface area contributed by atoms with Crippen LogP contribution in [0.5, 0.6) is 0 Å². The molecule has 0 bridgehead atoms. The maximum atomic E-state index is 14.8. The van der Waals surface area contributed by atoms with Gasteiger partial charge < -0.3 is 5.11 Å². The molecule has 1 aliphatic rings. The highest BCUT2D eigenvalue weighted by Crippen LogP contribution is 2.46. The van der Waals surface area contributed by atoms with Crippen molar-refractivity contribution in [3.63, 3.8) is 0 Å². The molecule has 1 atom stereocenters. The molecule has 0 fully saturated rings. The predicted molar refractivity (Wildman–Crippen MR) is 104 cm³/mol. The van der Waals surface area contributed by atoms with Crippen LogP contribution in [0.15, 0.2) is 48.3 Å². The van der Waals surface area contributed by atoms with E-state index in [0.29, 0.717) is 17.5 Å². The first-order valence-corrected chi connectivity index (χ1v) is 9.47. The minimum Gasteiger partial charge on any atom is -0.476 e. The van der Waals surface area contributed by atoms with Gasteiger partial charge in [-0.2, -0.15) is 5.10 Å². The molecule has 0 saturated heterocycles. The van der Waals surface area contributed by atoms with Crippen LogP contribution in [0, 0.1) is 12.7 Å². The molecule has 0 spiro atoms. The fraction of sp³-hybridized carbons (Fsp3) is 0.200. The Labute approximate surface area is 164 Å². The number of carbonyl (C=O) groups is 1. The second kappa shape index (κ2) is 6.79. The van der Waals surface area contributed by atoms with Gasteiger partial charge in [0, 0.05) is 35.9 Å². The van der Waals surface area contributed by atoms with E-state index in [0.717, 1.165) is 16.3 Å². The molecule has 0 aliphatic heterocycles. The second-order valence-electron chi connectivity index (χ2n) is 6.64. The Morgan fingerprint density at radius 1 is 1.39 bits per heavy atom. The van der Waals surface area contributed by atoms with Crippen LogP contribution in [0.1, 0.15) is 38.7 Å². The summed E-state index contributed by atoms with van der Waals surface area (Å²) < 4.78 is 16.3. The summed E-state index contributed by atoms with van der Waals surface area (Å²) in [5.74, 6) is -1.48. The van der Waals surface area contributed by atoms with Gasteiger partial charge >= 0.3 is 5.97 Å². The highest BCUT2D eigenvalue weighted by atomic mass is 32.1. The summed E-state index contributed by atoms with van der Waals surface area (Å²) >= 11 is 1.45. The lowest BCUT2D eigenvalue weighted by Gasteiger charge is -2.33. The van der Waals surface area contributed by atoms with Crippen LogP contribution in [0.3, 0.4) is 0 Å². The van der Waals surface area contributed by atoms with E-state index in [-0.39, 0.29) is 5.69 Å². The number of thiazole rings is 1. The van der Waals surface area contributed by atoms with Gasteiger partial charge in [0.15, 0.2) is 5.69 Å². The number of halogens is 1. The molecule has 0 amide bonds. The quantitative estimate of drug-likeness (QED) is 0.726. The number of carboxylic acid groups (broad SMARTS) is 1. The van der Waals surface area contributed by atoms with Gasteiger partial charge in [0.1, 0.15) is 10.8 Å². The van der Waals surface area contributed by atoms with Crippen molar-refractivity contribution < 1.29 is 14.3 Å². The number of aryl methyl sites for hydroxylation is 1. The highest BCUT2D eigenvalue weighted by molar-refractivity contribution is 7.09. The lowest BCUT2D eigenvalue weighted by Crippen LogP contribution is -2.29. The van der Waals surface area contributed by atoms with E-state index in [1.165, 1.54) is 17.5 Å². The van der Waals surface area contributed by atoms with Gasteiger partial charge in [0.05, 0.1) is 17.3 Å². The summed E-state index contributed by atoms with van der Waals surface area (Å²) in [4.78, 5) is 19.8. The first-order valence-electron chi connectivity index (χ1n) is 8.59. The van der Waals surface area contributed by atoms with E-state index in [1.54, 1.807) is 37.1 Å². The van der Waals surface area contributed by atoms with Crippen molar-refractivity contribution in [1.29, 1.82) is 0 Å². The molecule has 28 heavy (non-hydrogen) atoms. The lowest BCUT2D eigenvalue weighted by molar-refractivity contribution is 0.0689. The lowest BCUT2D eigenvalue weighted by atomic mass is 9.72. The zero-order valence-electron chi connectivity index (χ0n) is 15.3. The zero-order valence-corrected chi connectivity index (χ0v) is 16.1. The average Bonchev–Trinajstić information content (AvgIpc) is 3.31. The molecule has 142 valence electrons. The summed E-state index contributed by atoms with van der Waals surface area (Å²) in [6.07, 6.45) is 10.6. The molecule has 6 nitrogen and oxygen atoms in total. The van der Waals surface area contributed by atoms with Gasteiger partial charge in [0.2, 0.25) is 0 Å². The van der Waals surface area contributed by atoms with Crippen LogP contribution in [0.25, 0.3) is 5.57 Å². The third kappa shape index (κ3) is 2.77. The topological polar surface area (TPSA) is 80.9 Å². The molecule has 4 rings (SSSR count). The predicted octanol–water partition coefficient (Wildman–Crippen LogP) is 3.75. The molecule has 0 radical (unpaired) electrons. The fourth-order valence-electron chi connectivity index (χ4n) is 3.82. The Morgan fingerprint density at radius 2 is 2.21 bits per heavy atom. The maximum absolute atomic E-state index is 14.8. The molecular formula is C20H17FN4O2S. The summed E-state index contributed by atoms with van der Waals surface area (Å²) in [5.41, 5.74) is 1.87. The summed E-state index contributed by atoms with van der Waals surface area (Å²) in [6.45, 7) is 1.74. The van der Waals surface area contributed by atoms with Gasteiger partial charge in [-0.25, -0.2) is 14.2 Å². The van der Waals surface area contributed by atoms with E-state index in [1.807, 2.05) is 23.6 Å². The SMILES string of the molecule is Cc1c(C(=O)O)nn(C)c1C1=CC=CC(c2nccs2)(c2ccncc2F)C1. The number of hydrogen-bond acceptors (Lipinski definition) is 5. The monoisotopic (exact) mass is 396 g/mol. The Bertz CT molecular complexity index is 1120. The number of carboxylic acids is 1. The van der Waals surface area contributed by atoms with E-state index >= 15 is 0 Å². The van der Waals surface area contributed by atoms with Gasteiger partial charge in [-0.1, -0.05) is 18.2 Å². The maximum Gasteiger partial charge on any atom is 0.356 e. The van der Waals surface area contributed by atoms with Crippen LogP contribution in [0.2, 0.25) is 0 Å². The molecule has 3 heterocycles. The standard InChI is InChI=1S/C20H17FN4O2S/c1-12-16(18(26)27)24-25(2)17(12)13-4-3-6-20(10-13,19-23-8-9-28-19)14-5-7-22-11-15(14)21/h3-9,11H,10H2,1-2H3,(H,26,27). The number of nitrogens with zero attached hydrogens (tertiary/aromatic N) is 4. The molecule has 0 saturated carbocycles. The van der Waals surface area contributed by atoms with Crippen molar-refractivity contribution in [3.8, 4) is 0 Å². The number of aromatic nitrogens is 4. The first kappa shape index (κ1) is 18.2. The molecule has 0 aromatic carbocycles. The molecule has 8 heteroatoms. The summed E-state index contributed by atoms with van der Waals surface area (Å²) in [7, 11) is 1.71. The number of hydrogen-bond donors (Lipinski definition) is 1. The average molecular weight is 396 g/mol. The van der Waals surface area contributed by atoms with Crippen LogP contribution >= 0.6 is 11.3 Å². The van der Waals surface area contributed by atoms with Gasteiger partial charge in [-0.3, -0.25) is 9.67 Å². The van der Waals surface area contributed by atoms with Crippen LogP contribution < -0.4 is 0 Å². The largest absolute Gasteiger partial charge is 0.476 e. The number of rotatable bonds is 4. The van der Waals surface area contributed by atoms with Gasteiger partial charge in [-0.05, 0) is 25.0 Å². The Kier molecular flexibility index (Phi) is 4.43. The molecular weight excluding hydrogens is 379 g/mol. The van der Waals surface area contributed by atoms with Gasteiger partial charge in [-0.15, -0.1) is 11.3 Å². The highest BCUT2D eigenvalue weighted by Gasteiger charge is 2.40. The minimum absolute atomic E-state index is 0.0166. The van der Waals surface area contributed by atoms with Crippen LogP contribution in [-0.2, 0) is 12.5 Å². The second-order valence-corrected chi connectivity index (χ2v) is 7.54. The van der Waals surface area contributed by atoms with Gasteiger partial charge in [0.25, 0.3) is 0 Å². The fourth-order valence-corrected chi connectivity index (χ4v) is 4.65. The van der Waals surface area contributed by atoms with Crippen molar-refractivity contribution >= 4 is 22.9 Å². The zero-order chi connectivity index (χ0) is 19.9. The van der Waals surface area contributed by atoms with Crippen LogP contribution in [0.4, 0.5) is 4.39 Å². The minimum atomic E-state index is -1.07. The number of pyridine rings is 1. The van der Waals surface area contributed by atoms with E-state index < -0.39 is 17.2 Å².